The van der Waals surface area contributed by atoms with Gasteiger partial charge in [-0.2, -0.15) is 4.98 Å². The summed E-state index contributed by atoms with van der Waals surface area (Å²) in [7, 11) is 0. The third kappa shape index (κ3) is 4.68. The van der Waals surface area contributed by atoms with Crippen LogP contribution in [0, 0.1) is 18.7 Å². The number of para-hydroxylation sites is 1. The number of piperidine rings is 1. The second-order valence-electron chi connectivity index (χ2n) is 7.38. The molecule has 1 aliphatic rings. The highest BCUT2D eigenvalue weighted by molar-refractivity contribution is 5.93. The number of hydrogen-bond acceptors (Lipinski definition) is 5. The van der Waals surface area contributed by atoms with E-state index in [1.165, 1.54) is 12.1 Å². The predicted octanol–water partition coefficient (Wildman–Crippen LogP) is 4.03. The molecular weight excluding hydrogens is 371 g/mol. The lowest BCUT2D eigenvalue weighted by Crippen LogP contribution is -2.38. The highest BCUT2D eigenvalue weighted by Gasteiger charge is 2.26. The van der Waals surface area contributed by atoms with Crippen LogP contribution in [0.25, 0.3) is 11.5 Å². The maximum Gasteiger partial charge on any atom is 0.257 e. The van der Waals surface area contributed by atoms with Crippen LogP contribution in [0.1, 0.15) is 24.2 Å². The van der Waals surface area contributed by atoms with Gasteiger partial charge in [0.15, 0.2) is 5.82 Å². The van der Waals surface area contributed by atoms with Crippen LogP contribution < -0.4 is 5.32 Å². The molecule has 2 heterocycles. The summed E-state index contributed by atoms with van der Waals surface area (Å²) in [6.07, 6.45) is 1.58. The maximum atomic E-state index is 13.0. The van der Waals surface area contributed by atoms with Gasteiger partial charge in [-0.25, -0.2) is 4.39 Å². The molecule has 1 fully saturated rings. The van der Waals surface area contributed by atoms with E-state index in [0.717, 1.165) is 37.2 Å². The molecule has 7 heteroatoms. The molecule has 1 aliphatic heterocycles. The molecular formula is C22H23FN4O2. The van der Waals surface area contributed by atoms with Crippen LogP contribution in [-0.4, -0.2) is 34.0 Å². The number of likely N-dealkylation sites (tertiary alicyclic amines) is 1. The Morgan fingerprint density at radius 3 is 2.62 bits per heavy atom. The zero-order chi connectivity index (χ0) is 20.2. The summed E-state index contributed by atoms with van der Waals surface area (Å²) >= 11 is 0. The van der Waals surface area contributed by atoms with Crippen molar-refractivity contribution in [2.24, 2.45) is 5.92 Å². The molecule has 150 valence electrons. The summed E-state index contributed by atoms with van der Waals surface area (Å²) in [5, 5.41) is 7.07. The first-order valence-corrected chi connectivity index (χ1v) is 9.76. The number of benzene rings is 2. The topological polar surface area (TPSA) is 71.3 Å². The Morgan fingerprint density at radius 2 is 1.90 bits per heavy atom. The van der Waals surface area contributed by atoms with E-state index in [9.17, 15) is 9.18 Å². The van der Waals surface area contributed by atoms with Gasteiger partial charge in [0.05, 0.1) is 6.54 Å². The molecule has 1 saturated heterocycles. The number of carbonyl (C=O) groups is 1. The summed E-state index contributed by atoms with van der Waals surface area (Å²) in [6, 6.07) is 13.8. The number of nitrogens with one attached hydrogen (secondary N) is 1. The summed E-state index contributed by atoms with van der Waals surface area (Å²) in [5.74, 6) is 0.755. The third-order valence-corrected chi connectivity index (χ3v) is 5.29. The van der Waals surface area contributed by atoms with Crippen LogP contribution in [0.2, 0.25) is 0 Å². The summed E-state index contributed by atoms with van der Waals surface area (Å²) in [6.45, 7) is 4.15. The summed E-state index contributed by atoms with van der Waals surface area (Å²) in [4.78, 5) is 19.2. The minimum atomic E-state index is -0.303. The maximum absolute atomic E-state index is 13.0. The molecule has 4 rings (SSSR count). The number of rotatable bonds is 5. The molecule has 0 unspecified atom stereocenters. The van der Waals surface area contributed by atoms with E-state index in [1.54, 1.807) is 12.1 Å². The van der Waals surface area contributed by atoms with Gasteiger partial charge in [-0.3, -0.25) is 9.69 Å². The Bertz CT molecular complexity index is 978. The number of halogens is 1. The highest BCUT2D eigenvalue weighted by atomic mass is 19.1. The monoisotopic (exact) mass is 394 g/mol. The summed E-state index contributed by atoms with van der Waals surface area (Å²) in [5.41, 5.74) is 2.63. The van der Waals surface area contributed by atoms with Gasteiger partial charge in [0.2, 0.25) is 5.91 Å². The van der Waals surface area contributed by atoms with Crippen LogP contribution in [0.3, 0.4) is 0 Å². The molecule has 1 aromatic heterocycles. The summed E-state index contributed by atoms with van der Waals surface area (Å²) < 4.78 is 18.3. The normalized spacial score (nSPS) is 15.4. The molecule has 0 atom stereocenters. The van der Waals surface area contributed by atoms with Gasteiger partial charge in [-0.15, -0.1) is 0 Å². The van der Waals surface area contributed by atoms with Crippen LogP contribution in [0.5, 0.6) is 0 Å². The van der Waals surface area contributed by atoms with Gasteiger partial charge in [-0.05, 0) is 68.8 Å². The number of hydrogen-bond donors (Lipinski definition) is 1. The lowest BCUT2D eigenvalue weighted by Gasteiger charge is -2.30. The molecule has 0 saturated carbocycles. The molecule has 1 amide bonds. The van der Waals surface area contributed by atoms with Gasteiger partial charge in [0.1, 0.15) is 5.82 Å². The third-order valence-electron chi connectivity index (χ3n) is 5.29. The van der Waals surface area contributed by atoms with Crippen molar-refractivity contribution < 1.29 is 13.7 Å². The zero-order valence-electron chi connectivity index (χ0n) is 16.3. The first-order chi connectivity index (χ1) is 14.1. The Hall–Kier alpha value is -3.06. The van der Waals surface area contributed by atoms with Crippen molar-refractivity contribution in [2.45, 2.75) is 26.3 Å². The number of anilines is 1. The minimum Gasteiger partial charge on any atom is -0.334 e. The van der Waals surface area contributed by atoms with Gasteiger partial charge < -0.3 is 9.84 Å². The Labute approximate surface area is 168 Å². The van der Waals surface area contributed by atoms with Crippen molar-refractivity contribution in [3.8, 4) is 11.5 Å². The largest absolute Gasteiger partial charge is 0.334 e. The van der Waals surface area contributed by atoms with Crippen molar-refractivity contribution >= 4 is 11.6 Å². The standard InChI is InChI=1S/C22H23FN4O2/c1-15-4-2-3-5-19(15)24-21(28)16-10-12-27(13-11-16)14-20-25-22(29-26-20)17-6-8-18(23)9-7-17/h2-9,16H,10-14H2,1H3,(H,24,28). The molecule has 6 nitrogen and oxygen atoms in total. The molecule has 3 aromatic rings. The molecule has 29 heavy (non-hydrogen) atoms. The minimum absolute atomic E-state index is 0.00546. The first-order valence-electron chi connectivity index (χ1n) is 9.76. The molecule has 0 aliphatic carbocycles. The Kier molecular flexibility index (Phi) is 5.67. The van der Waals surface area contributed by atoms with Crippen molar-refractivity contribution in [1.82, 2.24) is 15.0 Å². The fourth-order valence-corrected chi connectivity index (χ4v) is 3.53. The van der Waals surface area contributed by atoms with Gasteiger partial charge in [0.25, 0.3) is 5.89 Å². The Morgan fingerprint density at radius 1 is 1.17 bits per heavy atom. The van der Waals surface area contributed by atoms with E-state index < -0.39 is 0 Å². The van der Waals surface area contributed by atoms with Crippen molar-refractivity contribution in [1.29, 1.82) is 0 Å². The van der Waals surface area contributed by atoms with Crippen LogP contribution in [0.4, 0.5) is 10.1 Å². The average molecular weight is 394 g/mol. The lowest BCUT2D eigenvalue weighted by molar-refractivity contribution is -0.121. The molecule has 2 aromatic carbocycles. The second kappa shape index (κ2) is 8.53. The van der Waals surface area contributed by atoms with Crippen molar-refractivity contribution in [3.05, 3.63) is 65.7 Å². The predicted molar refractivity (Wildman–Crippen MR) is 108 cm³/mol. The average Bonchev–Trinajstić information content (AvgIpc) is 3.19. The van der Waals surface area contributed by atoms with Gasteiger partial charge in [0, 0.05) is 17.2 Å². The van der Waals surface area contributed by atoms with Gasteiger partial charge >= 0.3 is 0 Å². The van der Waals surface area contributed by atoms with Crippen molar-refractivity contribution in [3.63, 3.8) is 0 Å². The fraction of sp³-hybridized carbons (Fsp3) is 0.318. The molecule has 1 N–H and O–H groups in total. The van der Waals surface area contributed by atoms with Crippen LogP contribution in [0.15, 0.2) is 53.1 Å². The van der Waals surface area contributed by atoms with E-state index in [1.807, 2.05) is 31.2 Å². The lowest BCUT2D eigenvalue weighted by atomic mass is 9.95. The molecule has 0 spiro atoms. The number of aromatic nitrogens is 2. The van der Waals surface area contributed by atoms with Crippen molar-refractivity contribution in [2.75, 3.05) is 18.4 Å². The van der Waals surface area contributed by atoms with Crippen LogP contribution >= 0.6 is 0 Å². The number of amides is 1. The number of aryl methyl sites for hydroxylation is 1. The zero-order valence-corrected chi connectivity index (χ0v) is 16.3. The van der Waals surface area contributed by atoms with Gasteiger partial charge in [-0.1, -0.05) is 23.4 Å². The van der Waals surface area contributed by atoms with E-state index in [2.05, 4.69) is 20.4 Å². The van der Waals surface area contributed by atoms with Crippen LogP contribution in [-0.2, 0) is 11.3 Å². The molecule has 0 bridgehead atoms. The highest BCUT2D eigenvalue weighted by Crippen LogP contribution is 2.23. The van der Waals surface area contributed by atoms with E-state index in [0.29, 0.717) is 23.8 Å². The quantitative estimate of drug-likeness (QED) is 0.707. The number of carbonyl (C=O) groups excluding carboxylic acids is 1. The SMILES string of the molecule is Cc1ccccc1NC(=O)C1CCN(Cc2noc(-c3ccc(F)cc3)n2)CC1. The first kappa shape index (κ1) is 19.3. The van der Waals surface area contributed by atoms with E-state index in [4.69, 9.17) is 4.52 Å². The fourth-order valence-electron chi connectivity index (χ4n) is 3.53. The number of nitrogens with zero attached hydrogens (tertiary/aromatic N) is 3. The second-order valence-corrected chi connectivity index (χ2v) is 7.38. The van der Waals surface area contributed by atoms with E-state index in [-0.39, 0.29) is 17.6 Å². The molecule has 0 radical (unpaired) electrons. The smallest absolute Gasteiger partial charge is 0.257 e. The Balaban J connectivity index is 1.29. The van der Waals surface area contributed by atoms with E-state index >= 15 is 0 Å².